The number of thiophene rings is 1. The van der Waals surface area contributed by atoms with E-state index >= 15 is 0 Å². The molecule has 2 aromatic carbocycles. The molecule has 1 atom stereocenters. The molecule has 0 saturated heterocycles. The van der Waals surface area contributed by atoms with Gasteiger partial charge in [-0.2, -0.15) is 0 Å². The summed E-state index contributed by atoms with van der Waals surface area (Å²) in [4.78, 5) is 26.4. The number of nitrogens with one attached hydrogen (secondary N) is 1. The number of hydrogen-bond acceptors (Lipinski definition) is 6. The van der Waals surface area contributed by atoms with Crippen LogP contribution in [-0.2, 0) is 29.0 Å². The minimum absolute atomic E-state index is 0.328. The number of amides is 1. The van der Waals surface area contributed by atoms with E-state index in [0.29, 0.717) is 39.1 Å². The zero-order valence-electron chi connectivity index (χ0n) is 20.4. The molecule has 0 radical (unpaired) electrons. The molecule has 4 rings (SSSR count). The summed E-state index contributed by atoms with van der Waals surface area (Å²) in [6, 6.07) is 13.5. The van der Waals surface area contributed by atoms with Crippen molar-refractivity contribution in [2.45, 2.75) is 32.8 Å². The maximum atomic E-state index is 12.8. The molecule has 0 fully saturated rings. The third kappa shape index (κ3) is 5.99. The van der Waals surface area contributed by atoms with Crippen LogP contribution in [0, 0.1) is 5.92 Å². The van der Waals surface area contributed by atoms with Crippen molar-refractivity contribution in [3.05, 3.63) is 80.1 Å². The Kier molecular flexibility index (Phi) is 8.48. The van der Waals surface area contributed by atoms with E-state index in [0.717, 1.165) is 40.8 Å². The maximum absolute atomic E-state index is 12.8. The fraction of sp³-hybridized carbons (Fsp3) is 0.286. The number of esters is 1. The van der Waals surface area contributed by atoms with Gasteiger partial charge in [0.1, 0.15) is 11.6 Å². The monoisotopic (exact) mass is 569 g/mol. The van der Waals surface area contributed by atoms with Crippen LogP contribution in [0.4, 0.5) is 5.00 Å². The molecule has 8 heteroatoms. The molecule has 1 heterocycles. The Balaban J connectivity index is 1.49. The average molecular weight is 571 g/mol. The first kappa shape index (κ1) is 26.0. The number of methoxy groups -OCH3 is 2. The number of rotatable bonds is 8. The average Bonchev–Trinajstić information content (AvgIpc) is 3.23. The molecule has 1 N–H and O–H groups in total. The predicted octanol–water partition coefficient (Wildman–Crippen LogP) is 6.66. The summed E-state index contributed by atoms with van der Waals surface area (Å²) in [7, 11) is 2.94. The smallest absolute Gasteiger partial charge is 0.341 e. The minimum atomic E-state index is -0.416. The van der Waals surface area contributed by atoms with Gasteiger partial charge in [0, 0.05) is 11.0 Å². The van der Waals surface area contributed by atoms with Crippen molar-refractivity contribution >= 4 is 50.2 Å². The highest BCUT2D eigenvalue weighted by Crippen LogP contribution is 2.40. The predicted molar refractivity (Wildman–Crippen MR) is 146 cm³/mol. The summed E-state index contributed by atoms with van der Waals surface area (Å²) in [5.41, 5.74) is 3.29. The lowest BCUT2D eigenvalue weighted by Crippen LogP contribution is -2.14. The first-order valence-electron chi connectivity index (χ1n) is 11.7. The van der Waals surface area contributed by atoms with E-state index in [1.807, 2.05) is 36.4 Å². The van der Waals surface area contributed by atoms with Crippen LogP contribution in [0.1, 0.15) is 45.3 Å². The SMILES string of the molecule is COC(=O)c1c(NC(=O)/C=C/c2cc(Br)c(OCc3ccccc3)c(OC)c2)sc2c1CCC(C)C2. The Morgan fingerprint density at radius 2 is 1.97 bits per heavy atom. The number of hydrogen-bond donors (Lipinski definition) is 1. The highest BCUT2D eigenvalue weighted by molar-refractivity contribution is 9.10. The van der Waals surface area contributed by atoms with Gasteiger partial charge in [0.2, 0.25) is 5.91 Å². The molecule has 3 aromatic rings. The molecule has 1 aliphatic rings. The number of carbonyl (C=O) groups is 2. The maximum Gasteiger partial charge on any atom is 0.341 e. The van der Waals surface area contributed by atoms with Crippen LogP contribution < -0.4 is 14.8 Å². The van der Waals surface area contributed by atoms with E-state index in [-0.39, 0.29) is 5.91 Å². The third-order valence-corrected chi connectivity index (χ3v) is 7.80. The van der Waals surface area contributed by atoms with Gasteiger partial charge in [-0.1, -0.05) is 37.3 Å². The lowest BCUT2D eigenvalue weighted by molar-refractivity contribution is -0.111. The highest BCUT2D eigenvalue weighted by Gasteiger charge is 2.28. The molecule has 1 aromatic heterocycles. The fourth-order valence-corrected chi connectivity index (χ4v) is 6.16. The van der Waals surface area contributed by atoms with E-state index in [1.54, 1.807) is 19.3 Å². The van der Waals surface area contributed by atoms with Gasteiger partial charge in [0.25, 0.3) is 0 Å². The zero-order valence-corrected chi connectivity index (χ0v) is 22.8. The fourth-order valence-electron chi connectivity index (χ4n) is 4.19. The first-order chi connectivity index (χ1) is 17.4. The van der Waals surface area contributed by atoms with Crippen LogP contribution in [0.3, 0.4) is 0 Å². The first-order valence-corrected chi connectivity index (χ1v) is 13.3. The van der Waals surface area contributed by atoms with Crippen LogP contribution in [0.25, 0.3) is 6.08 Å². The summed E-state index contributed by atoms with van der Waals surface area (Å²) in [6.45, 7) is 2.60. The van der Waals surface area contributed by atoms with Crippen LogP contribution >= 0.6 is 27.3 Å². The molecule has 0 spiro atoms. The van der Waals surface area contributed by atoms with Gasteiger partial charge >= 0.3 is 5.97 Å². The second-order valence-corrected chi connectivity index (χ2v) is 10.6. The topological polar surface area (TPSA) is 73.9 Å². The Morgan fingerprint density at radius 1 is 1.19 bits per heavy atom. The number of fused-ring (bicyclic) bond motifs is 1. The van der Waals surface area contributed by atoms with Gasteiger partial charge in [-0.15, -0.1) is 11.3 Å². The molecule has 36 heavy (non-hydrogen) atoms. The minimum Gasteiger partial charge on any atom is -0.493 e. The number of anilines is 1. The molecule has 0 aliphatic heterocycles. The van der Waals surface area contributed by atoms with E-state index in [9.17, 15) is 9.59 Å². The van der Waals surface area contributed by atoms with Crippen molar-refractivity contribution in [2.75, 3.05) is 19.5 Å². The summed E-state index contributed by atoms with van der Waals surface area (Å²) < 4.78 is 17.2. The Labute approximate surface area is 223 Å². The summed E-state index contributed by atoms with van der Waals surface area (Å²) in [6.07, 6.45) is 5.87. The van der Waals surface area contributed by atoms with Crippen molar-refractivity contribution in [1.82, 2.24) is 0 Å². The molecular weight excluding hydrogens is 542 g/mol. The number of ether oxygens (including phenoxy) is 3. The highest BCUT2D eigenvalue weighted by atomic mass is 79.9. The van der Waals surface area contributed by atoms with Gasteiger partial charge in [0.05, 0.1) is 24.3 Å². The second kappa shape index (κ2) is 11.8. The second-order valence-electron chi connectivity index (χ2n) is 8.68. The van der Waals surface area contributed by atoms with E-state index in [2.05, 4.69) is 28.2 Å². The molecule has 0 bridgehead atoms. The molecule has 1 aliphatic carbocycles. The summed E-state index contributed by atoms with van der Waals surface area (Å²) >= 11 is 5.02. The van der Waals surface area contributed by atoms with E-state index < -0.39 is 5.97 Å². The summed E-state index contributed by atoms with van der Waals surface area (Å²) in [5, 5.41) is 3.43. The van der Waals surface area contributed by atoms with Crippen LogP contribution in [0.2, 0.25) is 0 Å². The van der Waals surface area contributed by atoms with Gasteiger partial charge in [-0.05, 0) is 76.0 Å². The van der Waals surface area contributed by atoms with Crippen molar-refractivity contribution in [1.29, 1.82) is 0 Å². The number of halogens is 1. The number of benzene rings is 2. The lowest BCUT2D eigenvalue weighted by atomic mass is 9.88. The summed E-state index contributed by atoms with van der Waals surface area (Å²) in [5.74, 6) is 0.947. The Hall–Kier alpha value is -3.10. The van der Waals surface area contributed by atoms with Crippen molar-refractivity contribution in [3.63, 3.8) is 0 Å². The van der Waals surface area contributed by atoms with Gasteiger partial charge in [0.15, 0.2) is 11.5 Å². The molecule has 6 nitrogen and oxygen atoms in total. The molecular formula is C28H28BrNO5S. The van der Waals surface area contributed by atoms with Gasteiger partial charge in [-0.3, -0.25) is 4.79 Å². The Morgan fingerprint density at radius 3 is 2.69 bits per heavy atom. The largest absolute Gasteiger partial charge is 0.493 e. The van der Waals surface area contributed by atoms with Crippen molar-refractivity contribution < 1.29 is 23.8 Å². The zero-order chi connectivity index (χ0) is 25.7. The van der Waals surface area contributed by atoms with E-state index in [4.69, 9.17) is 14.2 Å². The standard InChI is InChI=1S/C28H28BrNO5S/c1-17-9-11-20-23(13-17)36-27(25(20)28(32)34-3)30-24(31)12-10-19-14-21(29)26(22(15-19)33-2)35-16-18-7-5-4-6-8-18/h4-8,10,12,14-15,17H,9,11,13,16H2,1-3H3,(H,30,31)/b12-10+. The van der Waals surface area contributed by atoms with Crippen LogP contribution in [0.15, 0.2) is 53.0 Å². The molecule has 1 unspecified atom stereocenters. The van der Waals surface area contributed by atoms with Crippen LogP contribution in [0.5, 0.6) is 11.5 Å². The molecule has 1 amide bonds. The van der Waals surface area contributed by atoms with Crippen molar-refractivity contribution in [3.8, 4) is 11.5 Å². The van der Waals surface area contributed by atoms with Crippen LogP contribution in [-0.4, -0.2) is 26.1 Å². The quantitative estimate of drug-likeness (QED) is 0.242. The van der Waals surface area contributed by atoms with Gasteiger partial charge in [-0.25, -0.2) is 4.79 Å². The molecule has 188 valence electrons. The van der Waals surface area contributed by atoms with E-state index in [1.165, 1.54) is 24.5 Å². The molecule has 0 saturated carbocycles. The number of carbonyl (C=O) groups excluding carboxylic acids is 2. The van der Waals surface area contributed by atoms with Gasteiger partial charge < -0.3 is 19.5 Å². The lowest BCUT2D eigenvalue weighted by Gasteiger charge is -2.18. The Bertz CT molecular complexity index is 1280. The van der Waals surface area contributed by atoms with Crippen molar-refractivity contribution in [2.24, 2.45) is 5.92 Å². The third-order valence-electron chi connectivity index (χ3n) is 6.04. The normalized spacial score (nSPS) is 14.8.